The molecule has 2 heterocycles. The number of azide groups is 1. The molecule has 1 fully saturated rings. The van der Waals surface area contributed by atoms with E-state index in [1.807, 2.05) is 0 Å². The van der Waals surface area contributed by atoms with Crippen molar-refractivity contribution >= 4 is 11.8 Å². The first kappa shape index (κ1) is 19.6. The lowest BCUT2D eigenvalue weighted by Crippen LogP contribution is -2.50. The summed E-state index contributed by atoms with van der Waals surface area (Å²) in [7, 11) is 0. The second-order valence-electron chi connectivity index (χ2n) is 6.12. The molecule has 12 heteroatoms. The number of alkyl halides is 1. The van der Waals surface area contributed by atoms with Crippen LogP contribution in [0.5, 0.6) is 0 Å². The highest BCUT2D eigenvalue weighted by Gasteiger charge is 2.58. The maximum Gasteiger partial charge on any atom is 0.351 e. The van der Waals surface area contributed by atoms with Crippen molar-refractivity contribution in [2.45, 2.75) is 38.0 Å². The average Bonchev–Trinajstić information content (AvgIpc) is 2.86. The highest BCUT2D eigenvalue weighted by atomic mass is 19.1. The van der Waals surface area contributed by atoms with Crippen molar-refractivity contribution in [3.05, 3.63) is 33.2 Å². The maximum absolute atomic E-state index is 15.1. The Morgan fingerprint density at radius 3 is 2.92 bits per heavy atom. The molecule has 1 saturated heterocycles. The van der Waals surface area contributed by atoms with Gasteiger partial charge in [-0.3, -0.25) is 9.36 Å². The van der Waals surface area contributed by atoms with E-state index in [0.717, 1.165) is 4.57 Å². The first-order valence-corrected chi connectivity index (χ1v) is 7.74. The molecule has 3 N–H and O–H groups in total. The fourth-order valence-electron chi connectivity index (χ4n) is 2.53. The van der Waals surface area contributed by atoms with Crippen LogP contribution in [0, 0.1) is 5.92 Å². The SMILES string of the molecule is CC(C)C(=O)O[C@H]1[C@@H](F)[C@H](n2ccc(N)nc2=O)O[C@@]1(CO)CN=[N+]=[N-]. The normalized spacial score (nSPS) is 28.0. The van der Waals surface area contributed by atoms with Crippen molar-refractivity contribution < 1.29 is 23.8 Å². The highest BCUT2D eigenvalue weighted by molar-refractivity contribution is 5.71. The fraction of sp³-hybridized carbons (Fsp3) is 0.643. The number of aliphatic hydroxyl groups is 1. The fourth-order valence-corrected chi connectivity index (χ4v) is 2.53. The Labute approximate surface area is 147 Å². The number of nitrogens with zero attached hydrogens (tertiary/aromatic N) is 5. The Morgan fingerprint density at radius 2 is 2.38 bits per heavy atom. The number of nitrogens with two attached hydrogens (primary N) is 1. The Hall–Kier alpha value is -2.69. The third-order valence-corrected chi connectivity index (χ3v) is 3.95. The Balaban J connectivity index is 2.46. The number of halogens is 1. The van der Waals surface area contributed by atoms with Gasteiger partial charge >= 0.3 is 11.7 Å². The molecule has 1 aliphatic rings. The molecule has 1 aromatic heterocycles. The first-order chi connectivity index (χ1) is 12.3. The van der Waals surface area contributed by atoms with E-state index in [1.54, 1.807) is 13.8 Å². The summed E-state index contributed by atoms with van der Waals surface area (Å²) in [6.07, 6.45) is -4.00. The van der Waals surface area contributed by atoms with Crippen LogP contribution in [0.3, 0.4) is 0 Å². The monoisotopic (exact) mass is 370 g/mol. The van der Waals surface area contributed by atoms with E-state index in [9.17, 15) is 14.7 Å². The number of aromatic nitrogens is 2. The molecule has 0 radical (unpaired) electrons. The minimum Gasteiger partial charge on any atom is -0.456 e. The minimum absolute atomic E-state index is 0.0649. The topological polar surface area (TPSA) is 165 Å². The molecule has 142 valence electrons. The van der Waals surface area contributed by atoms with Crippen LogP contribution in [0.25, 0.3) is 10.4 Å². The number of rotatable bonds is 6. The van der Waals surface area contributed by atoms with Crippen LogP contribution in [0.2, 0.25) is 0 Å². The standard InChI is InChI=1S/C14H19FN6O5/c1-7(2)12(23)25-10-9(15)11(21-4-3-8(16)19-13(21)24)26-14(10,6-22)5-18-20-17/h3-4,7,9-11,22H,5-6H2,1-2H3,(H2,16,19,24)/t9-,10+,11-,14-/m1/s1. The lowest BCUT2D eigenvalue weighted by atomic mass is 9.96. The van der Waals surface area contributed by atoms with Crippen molar-refractivity contribution in [3.8, 4) is 0 Å². The van der Waals surface area contributed by atoms with Crippen LogP contribution in [0.15, 0.2) is 22.2 Å². The summed E-state index contributed by atoms with van der Waals surface area (Å²) in [6, 6.07) is 1.26. The zero-order chi connectivity index (χ0) is 19.5. The van der Waals surface area contributed by atoms with Crippen LogP contribution in [-0.4, -0.2) is 51.7 Å². The molecule has 0 aliphatic carbocycles. The van der Waals surface area contributed by atoms with Gasteiger partial charge in [-0.25, -0.2) is 9.18 Å². The number of ether oxygens (including phenoxy) is 2. The predicted octanol–water partition coefficient (Wildman–Crippen LogP) is 0.302. The maximum atomic E-state index is 15.1. The quantitative estimate of drug-likeness (QED) is 0.314. The molecule has 0 spiro atoms. The minimum atomic E-state index is -2.03. The van der Waals surface area contributed by atoms with Gasteiger partial charge in [0.15, 0.2) is 18.5 Å². The lowest BCUT2D eigenvalue weighted by molar-refractivity contribution is -0.170. The van der Waals surface area contributed by atoms with Gasteiger partial charge in [-0.1, -0.05) is 19.0 Å². The van der Waals surface area contributed by atoms with Crippen LogP contribution in [0.4, 0.5) is 10.2 Å². The second kappa shape index (κ2) is 7.68. The lowest BCUT2D eigenvalue weighted by Gasteiger charge is -2.30. The van der Waals surface area contributed by atoms with Gasteiger partial charge in [0.25, 0.3) is 0 Å². The zero-order valence-corrected chi connectivity index (χ0v) is 14.1. The molecule has 0 amide bonds. The smallest absolute Gasteiger partial charge is 0.351 e. The highest BCUT2D eigenvalue weighted by Crippen LogP contribution is 2.41. The van der Waals surface area contributed by atoms with Gasteiger partial charge in [0.2, 0.25) is 0 Å². The molecule has 2 rings (SSSR count). The third-order valence-electron chi connectivity index (χ3n) is 3.95. The van der Waals surface area contributed by atoms with Crippen molar-refractivity contribution in [2.24, 2.45) is 11.0 Å². The number of carbonyl (C=O) groups excluding carboxylic acids is 1. The Kier molecular flexibility index (Phi) is 5.80. The molecular weight excluding hydrogens is 351 g/mol. The van der Waals surface area contributed by atoms with Gasteiger partial charge in [0, 0.05) is 11.1 Å². The Morgan fingerprint density at radius 1 is 1.69 bits per heavy atom. The predicted molar refractivity (Wildman–Crippen MR) is 86.5 cm³/mol. The Bertz CT molecular complexity index is 779. The summed E-state index contributed by atoms with van der Waals surface area (Å²) >= 11 is 0. The van der Waals surface area contributed by atoms with Crippen LogP contribution in [-0.2, 0) is 14.3 Å². The van der Waals surface area contributed by atoms with Crippen molar-refractivity contribution in [3.63, 3.8) is 0 Å². The average molecular weight is 370 g/mol. The summed E-state index contributed by atoms with van der Waals surface area (Å²) < 4.78 is 26.6. The number of carbonyl (C=O) groups is 1. The number of nitrogen functional groups attached to an aromatic ring is 1. The summed E-state index contributed by atoms with van der Waals surface area (Å²) in [4.78, 5) is 30.0. The second-order valence-corrected chi connectivity index (χ2v) is 6.12. The molecule has 0 aromatic carbocycles. The number of aliphatic hydroxyl groups excluding tert-OH is 1. The number of hydrogen-bond acceptors (Lipinski definition) is 8. The van der Waals surface area contributed by atoms with E-state index in [1.165, 1.54) is 12.3 Å². The summed E-state index contributed by atoms with van der Waals surface area (Å²) in [5, 5.41) is 13.1. The summed E-state index contributed by atoms with van der Waals surface area (Å²) in [5.74, 6) is -1.37. The number of anilines is 1. The largest absolute Gasteiger partial charge is 0.456 e. The number of esters is 1. The van der Waals surface area contributed by atoms with Crippen molar-refractivity contribution in [1.29, 1.82) is 0 Å². The van der Waals surface area contributed by atoms with E-state index in [2.05, 4.69) is 15.0 Å². The van der Waals surface area contributed by atoms with E-state index < -0.39 is 54.8 Å². The van der Waals surface area contributed by atoms with E-state index >= 15 is 4.39 Å². The molecule has 4 atom stereocenters. The van der Waals surface area contributed by atoms with Gasteiger partial charge in [0.05, 0.1) is 19.1 Å². The third kappa shape index (κ3) is 3.62. The molecule has 26 heavy (non-hydrogen) atoms. The molecule has 11 nitrogen and oxygen atoms in total. The molecule has 0 unspecified atom stereocenters. The molecule has 1 aliphatic heterocycles. The van der Waals surface area contributed by atoms with Gasteiger partial charge in [-0.2, -0.15) is 4.98 Å². The van der Waals surface area contributed by atoms with Gasteiger partial charge < -0.3 is 20.3 Å². The van der Waals surface area contributed by atoms with E-state index in [-0.39, 0.29) is 5.82 Å². The van der Waals surface area contributed by atoms with Crippen LogP contribution in [0.1, 0.15) is 20.1 Å². The van der Waals surface area contributed by atoms with E-state index in [4.69, 9.17) is 20.7 Å². The number of hydrogen-bond donors (Lipinski definition) is 2. The molecule has 0 saturated carbocycles. The first-order valence-electron chi connectivity index (χ1n) is 7.74. The van der Waals surface area contributed by atoms with Gasteiger partial charge in [0.1, 0.15) is 11.4 Å². The van der Waals surface area contributed by atoms with Crippen LogP contribution >= 0.6 is 0 Å². The summed E-state index contributed by atoms with van der Waals surface area (Å²) in [6.45, 7) is 1.77. The molecule has 0 bridgehead atoms. The van der Waals surface area contributed by atoms with Gasteiger partial charge in [-0.15, -0.1) is 0 Å². The van der Waals surface area contributed by atoms with E-state index in [0.29, 0.717) is 0 Å². The van der Waals surface area contributed by atoms with Crippen LogP contribution < -0.4 is 11.4 Å². The molecular formula is C14H19FN6O5. The zero-order valence-electron chi connectivity index (χ0n) is 14.1. The summed E-state index contributed by atoms with van der Waals surface area (Å²) in [5.41, 5.74) is 11.2. The van der Waals surface area contributed by atoms with Crippen molar-refractivity contribution in [1.82, 2.24) is 9.55 Å². The van der Waals surface area contributed by atoms with Gasteiger partial charge in [-0.05, 0) is 11.6 Å². The van der Waals surface area contributed by atoms with Crippen molar-refractivity contribution in [2.75, 3.05) is 18.9 Å². The molecule has 1 aromatic rings.